The largest absolute Gasteiger partial charge is 0.486 e. The van der Waals surface area contributed by atoms with Crippen LogP contribution in [0.4, 0.5) is 0 Å². The molecule has 0 aromatic carbocycles. The molecule has 0 spiro atoms. The molecule has 0 unspecified atom stereocenters. The second-order valence-corrected chi connectivity index (χ2v) is 10.0. The van der Waals surface area contributed by atoms with Gasteiger partial charge in [-0.15, -0.1) is 0 Å². The number of rotatable bonds is 7. The molecular weight excluding hydrogens is 428 g/mol. The molecule has 1 amide bonds. The molecule has 3 heterocycles. The molecule has 0 saturated carbocycles. The van der Waals surface area contributed by atoms with Gasteiger partial charge in [-0.25, -0.2) is 18.2 Å². The number of ether oxygens (including phenoxy) is 2. The number of pyridine rings is 1. The lowest BCUT2D eigenvalue weighted by molar-refractivity contribution is -0.134. The van der Waals surface area contributed by atoms with Gasteiger partial charge in [-0.05, 0) is 31.9 Å². The van der Waals surface area contributed by atoms with E-state index < -0.39 is 20.7 Å². The van der Waals surface area contributed by atoms with Gasteiger partial charge in [0.15, 0.2) is 4.75 Å². The molecule has 2 fully saturated rings. The zero-order chi connectivity index (χ0) is 22.5. The average Bonchev–Trinajstić information content (AvgIpc) is 2.82. The van der Waals surface area contributed by atoms with Crippen molar-refractivity contribution in [2.45, 2.75) is 43.3 Å². The lowest BCUT2D eigenvalue weighted by Gasteiger charge is -2.40. The van der Waals surface area contributed by atoms with Gasteiger partial charge in [0, 0.05) is 50.8 Å². The van der Waals surface area contributed by atoms with Gasteiger partial charge in [0.05, 0.1) is 11.9 Å². The van der Waals surface area contributed by atoms with Crippen molar-refractivity contribution in [1.82, 2.24) is 14.8 Å². The minimum Gasteiger partial charge on any atom is -0.486 e. The van der Waals surface area contributed by atoms with E-state index in [2.05, 4.69) is 10.1 Å². The lowest BCUT2D eigenvalue weighted by atomic mass is 9.94. The molecule has 12 heteroatoms. The van der Waals surface area contributed by atoms with E-state index in [0.29, 0.717) is 24.3 Å². The van der Waals surface area contributed by atoms with Gasteiger partial charge < -0.3 is 14.7 Å². The smallest absolute Gasteiger partial charge is 0.266 e. The quantitative estimate of drug-likeness (QED) is 0.237. The summed E-state index contributed by atoms with van der Waals surface area (Å²) in [5.74, 6) is -0.279. The number of nitrogens with zero attached hydrogens (tertiary/aromatic N) is 3. The fourth-order valence-corrected chi connectivity index (χ4v) is 6.13. The first kappa shape index (κ1) is 23.4. The molecule has 0 atom stereocenters. The van der Waals surface area contributed by atoms with Crippen molar-refractivity contribution in [2.24, 2.45) is 5.16 Å². The summed E-state index contributed by atoms with van der Waals surface area (Å²) < 4.78 is 37.0. The highest BCUT2D eigenvalue weighted by Gasteiger charge is 2.54. The fourth-order valence-electron chi connectivity index (χ4n) is 3.98. The van der Waals surface area contributed by atoms with Gasteiger partial charge in [-0.3, -0.25) is 15.0 Å². The van der Waals surface area contributed by atoms with Crippen LogP contribution in [-0.2, 0) is 19.6 Å². The number of hydroxylamine groups is 1. The summed E-state index contributed by atoms with van der Waals surface area (Å²) in [5, 5.41) is 20.9. The Bertz CT molecular complexity index is 890. The van der Waals surface area contributed by atoms with E-state index in [4.69, 9.17) is 19.9 Å². The van der Waals surface area contributed by atoms with Crippen molar-refractivity contribution in [3.05, 3.63) is 24.0 Å². The number of hydrogen-bond acceptors (Lipinski definition) is 9. The number of sulfonamides is 1. The van der Waals surface area contributed by atoms with Gasteiger partial charge in [0.25, 0.3) is 5.91 Å². The maximum atomic E-state index is 13.3. The summed E-state index contributed by atoms with van der Waals surface area (Å²) in [6, 6.07) is 3.62. The third-order valence-corrected chi connectivity index (χ3v) is 8.53. The molecule has 0 radical (unpaired) electrons. The monoisotopic (exact) mass is 456 g/mol. The molecule has 11 nitrogen and oxygen atoms in total. The van der Waals surface area contributed by atoms with Crippen molar-refractivity contribution in [1.29, 1.82) is 0 Å². The molecule has 0 aliphatic carbocycles. The summed E-state index contributed by atoms with van der Waals surface area (Å²) in [4.78, 5) is 16.8. The summed E-state index contributed by atoms with van der Waals surface area (Å²) >= 11 is 0. The molecule has 2 aliphatic heterocycles. The number of piperidine rings is 1. The van der Waals surface area contributed by atoms with E-state index in [1.54, 1.807) is 19.2 Å². The predicted octanol–water partition coefficient (Wildman–Crippen LogP) is 0.874. The standard InChI is InChI=1S/C19H28N4O7S/c1-14(21-25)13-30-16-2-3-17(20-12-16)15-4-8-23(9-5-15)31(27,28)19(18(24)22-26)6-10-29-11-7-19/h2-3,12,15,25-26H,4-11,13H2,1H3,(H,22,24)/b21-14-. The first-order valence-corrected chi connectivity index (χ1v) is 11.6. The summed E-state index contributed by atoms with van der Waals surface area (Å²) in [7, 11) is -3.98. The lowest BCUT2D eigenvalue weighted by Crippen LogP contribution is -2.60. The normalized spacial score (nSPS) is 20.9. The maximum absolute atomic E-state index is 13.3. The van der Waals surface area contributed by atoms with Crippen LogP contribution in [0.2, 0.25) is 0 Å². The van der Waals surface area contributed by atoms with Crippen molar-refractivity contribution in [2.75, 3.05) is 32.9 Å². The van der Waals surface area contributed by atoms with Crippen LogP contribution in [0, 0.1) is 0 Å². The Hall–Kier alpha value is -2.28. The van der Waals surface area contributed by atoms with Crippen molar-refractivity contribution >= 4 is 21.6 Å². The Kier molecular flexibility index (Phi) is 7.46. The summed E-state index contributed by atoms with van der Waals surface area (Å²) in [6.45, 7) is 2.61. The first-order valence-electron chi connectivity index (χ1n) is 10.1. The van der Waals surface area contributed by atoms with Crippen LogP contribution >= 0.6 is 0 Å². The number of nitrogens with one attached hydrogen (secondary N) is 1. The van der Waals surface area contributed by atoms with Gasteiger partial charge in [-0.1, -0.05) is 5.16 Å². The van der Waals surface area contributed by atoms with Crippen LogP contribution in [-0.4, -0.2) is 77.4 Å². The fraction of sp³-hybridized carbons (Fsp3) is 0.632. The number of hydrogen-bond donors (Lipinski definition) is 3. The SMILES string of the molecule is C/C(COc1ccc(C2CCN(S(=O)(=O)C3(C(=O)NO)CCOCC3)CC2)nc1)=N/O. The van der Waals surface area contributed by atoms with Crippen LogP contribution in [0.25, 0.3) is 0 Å². The van der Waals surface area contributed by atoms with E-state index in [9.17, 15) is 13.2 Å². The molecule has 2 saturated heterocycles. The molecule has 1 aromatic heterocycles. The summed E-state index contributed by atoms with van der Waals surface area (Å²) in [5.41, 5.74) is 2.82. The highest BCUT2D eigenvalue weighted by Crippen LogP contribution is 2.36. The molecular formula is C19H28N4O7S. The van der Waals surface area contributed by atoms with Crippen LogP contribution < -0.4 is 10.2 Å². The average molecular weight is 457 g/mol. The third kappa shape index (κ3) is 4.81. The van der Waals surface area contributed by atoms with Crippen LogP contribution in [0.15, 0.2) is 23.5 Å². The molecule has 1 aromatic rings. The van der Waals surface area contributed by atoms with Crippen molar-refractivity contribution in [3.8, 4) is 5.75 Å². The van der Waals surface area contributed by atoms with E-state index in [1.807, 2.05) is 6.07 Å². The minimum atomic E-state index is -3.98. The van der Waals surface area contributed by atoms with Crippen LogP contribution in [0.3, 0.4) is 0 Å². The van der Waals surface area contributed by atoms with Gasteiger partial charge in [-0.2, -0.15) is 0 Å². The second kappa shape index (κ2) is 9.90. The Morgan fingerprint density at radius 1 is 1.35 bits per heavy atom. The molecule has 3 N–H and O–H groups in total. The zero-order valence-electron chi connectivity index (χ0n) is 17.4. The Morgan fingerprint density at radius 2 is 2.03 bits per heavy atom. The van der Waals surface area contributed by atoms with E-state index in [0.717, 1.165) is 5.69 Å². The zero-order valence-corrected chi connectivity index (χ0v) is 18.2. The topological polar surface area (TPSA) is 151 Å². The van der Waals surface area contributed by atoms with Crippen LogP contribution in [0.1, 0.15) is 44.2 Å². The number of carbonyl (C=O) groups is 1. The highest BCUT2D eigenvalue weighted by atomic mass is 32.2. The number of oxime groups is 1. The predicted molar refractivity (Wildman–Crippen MR) is 110 cm³/mol. The molecule has 3 rings (SSSR count). The number of carbonyl (C=O) groups excluding carboxylic acids is 1. The minimum absolute atomic E-state index is 0.00510. The number of aromatic nitrogens is 1. The molecule has 172 valence electrons. The van der Waals surface area contributed by atoms with Crippen LogP contribution in [0.5, 0.6) is 5.75 Å². The molecule has 2 aliphatic rings. The van der Waals surface area contributed by atoms with E-state index >= 15 is 0 Å². The Morgan fingerprint density at radius 3 is 2.58 bits per heavy atom. The number of amides is 1. The van der Waals surface area contributed by atoms with Crippen molar-refractivity contribution in [3.63, 3.8) is 0 Å². The molecule has 0 bridgehead atoms. The Balaban J connectivity index is 1.65. The summed E-state index contributed by atoms with van der Waals surface area (Å²) in [6.07, 6.45) is 2.73. The maximum Gasteiger partial charge on any atom is 0.266 e. The van der Waals surface area contributed by atoms with Crippen molar-refractivity contribution < 1.29 is 33.1 Å². The molecule has 31 heavy (non-hydrogen) atoms. The van der Waals surface area contributed by atoms with E-state index in [-0.39, 0.29) is 51.7 Å². The van der Waals surface area contributed by atoms with Gasteiger partial charge >= 0.3 is 0 Å². The van der Waals surface area contributed by atoms with E-state index in [1.165, 1.54) is 9.79 Å². The third-order valence-electron chi connectivity index (χ3n) is 5.90. The second-order valence-electron chi connectivity index (χ2n) is 7.77. The highest BCUT2D eigenvalue weighted by molar-refractivity contribution is 7.91. The van der Waals surface area contributed by atoms with Gasteiger partial charge in [0.2, 0.25) is 10.0 Å². The Labute approximate surface area is 181 Å². The first-order chi connectivity index (χ1) is 14.8. The van der Waals surface area contributed by atoms with Gasteiger partial charge in [0.1, 0.15) is 12.4 Å².